The van der Waals surface area contributed by atoms with E-state index in [1.54, 1.807) is 6.07 Å². The molecule has 0 spiro atoms. The second-order valence-corrected chi connectivity index (χ2v) is 7.19. The van der Waals surface area contributed by atoms with E-state index in [0.717, 1.165) is 44.2 Å². The van der Waals surface area contributed by atoms with E-state index in [1.165, 1.54) is 5.56 Å². The number of nitrogens with one attached hydrogen (secondary N) is 1. The smallest absolute Gasteiger partial charge is 0.136 e. The largest absolute Gasteiger partial charge is 0.354 e. The van der Waals surface area contributed by atoms with Crippen molar-refractivity contribution in [1.82, 2.24) is 14.9 Å². The number of nitriles is 1. The van der Waals surface area contributed by atoms with E-state index in [2.05, 4.69) is 61.5 Å². The van der Waals surface area contributed by atoms with Crippen LogP contribution in [-0.2, 0) is 6.54 Å². The number of anilines is 3. The summed E-state index contributed by atoms with van der Waals surface area (Å²) in [6, 6.07) is 22.2. The van der Waals surface area contributed by atoms with Crippen molar-refractivity contribution in [2.75, 3.05) is 36.4 Å². The molecule has 0 aliphatic carbocycles. The van der Waals surface area contributed by atoms with Crippen LogP contribution >= 0.6 is 0 Å². The van der Waals surface area contributed by atoms with Crippen LogP contribution < -0.4 is 10.2 Å². The van der Waals surface area contributed by atoms with E-state index in [1.807, 2.05) is 31.2 Å². The number of hydrogen-bond acceptors (Lipinski definition) is 6. The molecule has 2 aromatic carbocycles. The van der Waals surface area contributed by atoms with Gasteiger partial charge >= 0.3 is 0 Å². The SMILES string of the molecule is Cc1nc(Nc2ccccc2C#N)cc(N2CCN(Cc3ccccc3)CC2)n1. The highest BCUT2D eigenvalue weighted by Crippen LogP contribution is 2.23. The predicted molar refractivity (Wildman–Crippen MR) is 115 cm³/mol. The lowest BCUT2D eigenvalue weighted by Crippen LogP contribution is -2.46. The molecule has 1 aliphatic heterocycles. The molecule has 0 radical (unpaired) electrons. The molecule has 0 amide bonds. The van der Waals surface area contributed by atoms with Gasteiger partial charge in [-0.2, -0.15) is 5.26 Å². The van der Waals surface area contributed by atoms with Gasteiger partial charge in [-0.1, -0.05) is 42.5 Å². The van der Waals surface area contributed by atoms with Gasteiger partial charge in [0.25, 0.3) is 0 Å². The number of piperazine rings is 1. The maximum absolute atomic E-state index is 9.30. The summed E-state index contributed by atoms with van der Waals surface area (Å²) in [5, 5.41) is 12.6. The van der Waals surface area contributed by atoms with Crippen LogP contribution in [-0.4, -0.2) is 41.0 Å². The Kier molecular flexibility index (Phi) is 5.68. The molecule has 6 nitrogen and oxygen atoms in total. The van der Waals surface area contributed by atoms with Gasteiger partial charge in [-0.05, 0) is 24.6 Å². The predicted octanol–water partition coefficient (Wildman–Crippen LogP) is 3.72. The van der Waals surface area contributed by atoms with Crippen LogP contribution in [0.4, 0.5) is 17.3 Å². The summed E-state index contributed by atoms with van der Waals surface area (Å²) in [7, 11) is 0. The first kappa shape index (κ1) is 18.9. The second-order valence-electron chi connectivity index (χ2n) is 7.19. The molecule has 1 aromatic heterocycles. The number of para-hydroxylation sites is 1. The molecule has 1 N–H and O–H groups in total. The summed E-state index contributed by atoms with van der Waals surface area (Å²) in [6.07, 6.45) is 0. The molecule has 0 atom stereocenters. The fourth-order valence-corrected chi connectivity index (χ4v) is 3.58. The number of hydrogen-bond donors (Lipinski definition) is 1. The Morgan fingerprint density at radius 2 is 1.69 bits per heavy atom. The summed E-state index contributed by atoms with van der Waals surface area (Å²) in [5.41, 5.74) is 2.70. The van der Waals surface area contributed by atoms with Crippen molar-refractivity contribution in [3.63, 3.8) is 0 Å². The summed E-state index contributed by atoms with van der Waals surface area (Å²) < 4.78 is 0. The highest BCUT2D eigenvalue weighted by Gasteiger charge is 2.19. The molecular formula is C23H24N6. The van der Waals surface area contributed by atoms with Crippen molar-refractivity contribution in [3.8, 4) is 6.07 Å². The topological polar surface area (TPSA) is 68.1 Å². The monoisotopic (exact) mass is 384 g/mol. The van der Waals surface area contributed by atoms with Crippen LogP contribution in [0.3, 0.4) is 0 Å². The maximum Gasteiger partial charge on any atom is 0.136 e. The van der Waals surface area contributed by atoms with E-state index >= 15 is 0 Å². The van der Waals surface area contributed by atoms with Gasteiger partial charge in [0.1, 0.15) is 23.5 Å². The zero-order valence-electron chi connectivity index (χ0n) is 16.5. The molecule has 1 aliphatic rings. The number of aromatic nitrogens is 2. The minimum atomic E-state index is 0.597. The molecule has 3 aromatic rings. The van der Waals surface area contributed by atoms with E-state index in [0.29, 0.717) is 17.2 Å². The van der Waals surface area contributed by atoms with Crippen LogP contribution in [0.15, 0.2) is 60.7 Å². The first-order valence-electron chi connectivity index (χ1n) is 9.84. The van der Waals surface area contributed by atoms with Crippen molar-refractivity contribution in [2.45, 2.75) is 13.5 Å². The highest BCUT2D eigenvalue weighted by molar-refractivity contribution is 5.66. The number of nitrogens with zero attached hydrogens (tertiary/aromatic N) is 5. The number of benzene rings is 2. The first-order valence-corrected chi connectivity index (χ1v) is 9.84. The minimum absolute atomic E-state index is 0.597. The Hall–Kier alpha value is -3.43. The van der Waals surface area contributed by atoms with Gasteiger partial charge in [0.2, 0.25) is 0 Å². The van der Waals surface area contributed by atoms with Gasteiger partial charge in [0.15, 0.2) is 0 Å². The highest BCUT2D eigenvalue weighted by atomic mass is 15.3. The third kappa shape index (κ3) is 4.71. The molecule has 0 bridgehead atoms. The molecule has 6 heteroatoms. The molecule has 0 saturated carbocycles. The molecule has 146 valence electrons. The second kappa shape index (κ2) is 8.72. The average molecular weight is 384 g/mol. The molecule has 29 heavy (non-hydrogen) atoms. The Morgan fingerprint density at radius 3 is 2.45 bits per heavy atom. The lowest BCUT2D eigenvalue weighted by molar-refractivity contribution is 0.249. The summed E-state index contributed by atoms with van der Waals surface area (Å²) in [6.45, 7) is 6.73. The van der Waals surface area contributed by atoms with Crippen LogP contribution in [0, 0.1) is 18.3 Å². The van der Waals surface area contributed by atoms with Gasteiger partial charge in [-0.15, -0.1) is 0 Å². The standard InChI is InChI=1S/C23H24N6/c1-18-25-22(27-21-10-6-5-9-20(21)16-24)15-23(26-18)29-13-11-28(12-14-29)17-19-7-3-2-4-8-19/h2-10,15H,11-14,17H2,1H3,(H,25,26,27). The zero-order chi connectivity index (χ0) is 20.1. The van der Waals surface area contributed by atoms with Crippen molar-refractivity contribution >= 4 is 17.3 Å². The van der Waals surface area contributed by atoms with Crippen LogP contribution in [0.5, 0.6) is 0 Å². The van der Waals surface area contributed by atoms with Crippen LogP contribution in [0.25, 0.3) is 0 Å². The third-order valence-corrected chi connectivity index (χ3v) is 5.08. The first-order chi connectivity index (χ1) is 14.2. The average Bonchev–Trinajstić information content (AvgIpc) is 2.75. The Labute approximate surface area is 171 Å². The molecule has 4 rings (SSSR count). The zero-order valence-corrected chi connectivity index (χ0v) is 16.5. The Balaban J connectivity index is 1.44. The summed E-state index contributed by atoms with van der Waals surface area (Å²) in [4.78, 5) is 13.9. The number of rotatable bonds is 5. The van der Waals surface area contributed by atoms with E-state index in [4.69, 9.17) is 0 Å². The van der Waals surface area contributed by atoms with Crippen molar-refractivity contribution < 1.29 is 0 Å². The summed E-state index contributed by atoms with van der Waals surface area (Å²) >= 11 is 0. The van der Waals surface area contributed by atoms with Gasteiger partial charge < -0.3 is 10.2 Å². The van der Waals surface area contributed by atoms with Gasteiger partial charge in [-0.25, -0.2) is 9.97 Å². The van der Waals surface area contributed by atoms with Crippen molar-refractivity contribution in [2.24, 2.45) is 0 Å². The Morgan fingerprint density at radius 1 is 0.966 bits per heavy atom. The van der Waals surface area contributed by atoms with Gasteiger partial charge in [0, 0.05) is 38.8 Å². The fraction of sp³-hybridized carbons (Fsp3) is 0.261. The Bertz CT molecular complexity index is 1000. The normalized spacial score (nSPS) is 14.4. The fourth-order valence-electron chi connectivity index (χ4n) is 3.58. The molecule has 2 heterocycles. The molecule has 0 unspecified atom stereocenters. The van der Waals surface area contributed by atoms with E-state index in [9.17, 15) is 5.26 Å². The van der Waals surface area contributed by atoms with Crippen LogP contribution in [0.2, 0.25) is 0 Å². The maximum atomic E-state index is 9.30. The van der Waals surface area contributed by atoms with Gasteiger partial charge in [-0.3, -0.25) is 4.90 Å². The third-order valence-electron chi connectivity index (χ3n) is 5.08. The van der Waals surface area contributed by atoms with E-state index < -0.39 is 0 Å². The van der Waals surface area contributed by atoms with Crippen molar-refractivity contribution in [3.05, 3.63) is 77.6 Å². The minimum Gasteiger partial charge on any atom is -0.354 e. The van der Waals surface area contributed by atoms with Gasteiger partial charge in [0.05, 0.1) is 11.3 Å². The van der Waals surface area contributed by atoms with Crippen molar-refractivity contribution in [1.29, 1.82) is 5.26 Å². The molecular weight excluding hydrogens is 360 g/mol. The van der Waals surface area contributed by atoms with Crippen LogP contribution in [0.1, 0.15) is 17.0 Å². The van der Waals surface area contributed by atoms with E-state index in [-0.39, 0.29) is 0 Å². The summed E-state index contributed by atoms with van der Waals surface area (Å²) in [5.74, 6) is 2.35. The molecule has 1 fully saturated rings. The molecule has 1 saturated heterocycles. The lowest BCUT2D eigenvalue weighted by Gasteiger charge is -2.35. The quantitative estimate of drug-likeness (QED) is 0.723. The lowest BCUT2D eigenvalue weighted by atomic mass is 10.2. The number of aryl methyl sites for hydroxylation is 1.